The summed E-state index contributed by atoms with van der Waals surface area (Å²) in [6.07, 6.45) is 4.99. The Balaban J connectivity index is 1.66. The fourth-order valence-corrected chi connectivity index (χ4v) is 4.26. The molecule has 3 nitrogen and oxygen atoms in total. The number of aliphatic hydroxyl groups is 1. The van der Waals surface area contributed by atoms with Crippen LogP contribution in [0.1, 0.15) is 62.7 Å². The minimum atomic E-state index is -0.805. The predicted octanol–water partition coefficient (Wildman–Crippen LogP) is 5.93. The summed E-state index contributed by atoms with van der Waals surface area (Å²) in [5.74, 6) is -0.625. The van der Waals surface area contributed by atoms with Gasteiger partial charge >= 0.3 is 0 Å². The molecule has 5 heteroatoms. The van der Waals surface area contributed by atoms with Gasteiger partial charge in [-0.15, -0.1) is 0 Å². The molecular weight excluding hydrogens is 362 g/mol. The molecule has 1 heterocycles. The van der Waals surface area contributed by atoms with E-state index in [9.17, 15) is 9.50 Å². The minimum absolute atomic E-state index is 0.0608. The van der Waals surface area contributed by atoms with Crippen LogP contribution in [0.2, 0.25) is 0 Å². The lowest BCUT2D eigenvalue weighted by Crippen LogP contribution is -2.15. The smallest absolute Gasteiger partial charge is 0.207 e. The third-order valence-corrected chi connectivity index (χ3v) is 5.91. The van der Waals surface area contributed by atoms with Crippen LogP contribution >= 0.6 is 0 Å². The molecule has 1 N–H and O–H groups in total. The molecule has 1 saturated carbocycles. The monoisotopic (exact) mass is 388 g/mol. The zero-order chi connectivity index (χ0) is 19.7. The first-order valence-electron chi connectivity index (χ1n) is 10.2. The Bertz CT molecular complexity index is 859. The van der Waals surface area contributed by atoms with Gasteiger partial charge in [-0.2, -0.15) is 4.39 Å². The van der Waals surface area contributed by atoms with Gasteiger partial charge in [-0.1, -0.05) is 38.3 Å². The summed E-state index contributed by atoms with van der Waals surface area (Å²) >= 11 is 0. The molecule has 2 aromatic rings. The van der Waals surface area contributed by atoms with Gasteiger partial charge in [-0.25, -0.2) is 4.39 Å². The largest absolute Gasteiger partial charge is 0.490 e. The Morgan fingerprint density at radius 2 is 1.86 bits per heavy atom. The summed E-state index contributed by atoms with van der Waals surface area (Å²) in [5, 5.41) is 10.6. The Kier molecular flexibility index (Phi) is 5.54. The van der Waals surface area contributed by atoms with Gasteiger partial charge in [0.25, 0.3) is 0 Å². The number of unbranched alkanes of at least 4 members (excludes halogenated alkanes) is 1. The van der Waals surface area contributed by atoms with E-state index in [-0.39, 0.29) is 24.0 Å². The molecule has 0 amide bonds. The summed E-state index contributed by atoms with van der Waals surface area (Å²) in [6, 6.07) is 6.69. The molecule has 1 fully saturated rings. The normalized spacial score (nSPS) is 17.0. The molecule has 28 heavy (non-hydrogen) atoms. The molecule has 0 saturated heterocycles. The Morgan fingerprint density at radius 1 is 1.11 bits per heavy atom. The molecule has 4 rings (SSSR count). The van der Waals surface area contributed by atoms with Crippen LogP contribution in [-0.2, 0) is 6.61 Å². The average molecular weight is 388 g/mol. The predicted molar refractivity (Wildman–Crippen MR) is 103 cm³/mol. The molecule has 0 radical (unpaired) electrons. The number of hydrogen-bond donors (Lipinski definition) is 1. The first kappa shape index (κ1) is 19.2. The molecule has 150 valence electrons. The molecule has 0 spiro atoms. The topological polar surface area (TPSA) is 38.7 Å². The maximum absolute atomic E-state index is 15.2. The van der Waals surface area contributed by atoms with Crippen molar-refractivity contribution in [1.82, 2.24) is 0 Å². The third-order valence-electron chi connectivity index (χ3n) is 5.91. The maximum atomic E-state index is 15.2. The van der Waals surface area contributed by atoms with Crippen molar-refractivity contribution in [3.05, 3.63) is 47.0 Å². The summed E-state index contributed by atoms with van der Waals surface area (Å²) in [7, 11) is 0. The van der Waals surface area contributed by atoms with Crippen molar-refractivity contribution in [1.29, 1.82) is 0 Å². The Morgan fingerprint density at radius 3 is 2.61 bits per heavy atom. The van der Waals surface area contributed by atoms with Crippen LogP contribution in [-0.4, -0.2) is 11.7 Å². The highest BCUT2D eigenvalue weighted by molar-refractivity contribution is 5.77. The summed E-state index contributed by atoms with van der Waals surface area (Å²) in [5.41, 5.74) is 1.82. The number of fused-ring (bicyclic) bond motifs is 3. The average Bonchev–Trinajstić information content (AvgIpc) is 3.24. The molecule has 1 aliphatic carbocycles. The van der Waals surface area contributed by atoms with Crippen molar-refractivity contribution >= 4 is 0 Å². The minimum Gasteiger partial charge on any atom is -0.490 e. The fourth-order valence-electron chi connectivity index (χ4n) is 4.26. The highest BCUT2D eigenvalue weighted by Crippen LogP contribution is 2.45. The summed E-state index contributed by atoms with van der Waals surface area (Å²) in [4.78, 5) is 0. The number of aliphatic hydroxyl groups excluding tert-OH is 1. The summed E-state index contributed by atoms with van der Waals surface area (Å²) < 4.78 is 41.1. The second-order valence-corrected chi connectivity index (χ2v) is 7.73. The lowest BCUT2D eigenvalue weighted by atomic mass is 9.89. The van der Waals surface area contributed by atoms with Crippen molar-refractivity contribution in [3.63, 3.8) is 0 Å². The molecule has 1 aliphatic heterocycles. The number of ether oxygens (including phenoxy) is 2. The quantitative estimate of drug-likeness (QED) is 0.624. The first-order chi connectivity index (χ1) is 13.6. The van der Waals surface area contributed by atoms with Gasteiger partial charge < -0.3 is 14.6 Å². The zero-order valence-corrected chi connectivity index (χ0v) is 16.1. The van der Waals surface area contributed by atoms with Crippen molar-refractivity contribution < 1.29 is 23.4 Å². The second-order valence-electron chi connectivity index (χ2n) is 7.73. The van der Waals surface area contributed by atoms with Gasteiger partial charge in [0.15, 0.2) is 11.5 Å². The fraction of sp³-hybridized carbons (Fsp3) is 0.478. The van der Waals surface area contributed by atoms with Gasteiger partial charge in [0.2, 0.25) is 5.82 Å². The van der Waals surface area contributed by atoms with E-state index in [0.717, 1.165) is 38.5 Å². The third kappa shape index (κ3) is 3.37. The van der Waals surface area contributed by atoms with Gasteiger partial charge in [-0.05, 0) is 42.9 Å². The van der Waals surface area contributed by atoms with Gasteiger partial charge in [0.05, 0.1) is 12.7 Å². The van der Waals surface area contributed by atoms with Crippen LogP contribution in [0.5, 0.6) is 11.5 Å². The van der Waals surface area contributed by atoms with Crippen molar-refractivity contribution in [2.24, 2.45) is 5.92 Å². The van der Waals surface area contributed by atoms with E-state index in [2.05, 4.69) is 0 Å². The number of benzene rings is 2. The van der Waals surface area contributed by atoms with E-state index in [4.69, 9.17) is 9.47 Å². The lowest BCUT2D eigenvalue weighted by molar-refractivity contribution is 0.107. The standard InChI is InChI=1S/C23H26F2O3/c1-2-3-12-27-19-11-10-16-15-8-9-17(22(26)14-6-4-5-7-14)20(24)18(15)13-28-23(16)21(19)25/h8-11,14,22,26H,2-7,12-13H2,1H3. The van der Waals surface area contributed by atoms with Crippen LogP contribution < -0.4 is 9.47 Å². The van der Waals surface area contributed by atoms with Crippen molar-refractivity contribution in [2.45, 2.75) is 58.2 Å². The lowest BCUT2D eigenvalue weighted by Gasteiger charge is -2.25. The Labute approximate surface area is 164 Å². The van der Waals surface area contributed by atoms with Crippen LogP contribution in [0.3, 0.4) is 0 Å². The molecule has 2 aromatic carbocycles. The van der Waals surface area contributed by atoms with Crippen LogP contribution in [0, 0.1) is 17.6 Å². The molecular formula is C23H26F2O3. The molecule has 2 aliphatic rings. The van der Waals surface area contributed by atoms with Crippen LogP contribution in [0.15, 0.2) is 24.3 Å². The van der Waals surface area contributed by atoms with Crippen LogP contribution in [0.25, 0.3) is 11.1 Å². The number of rotatable bonds is 6. The van der Waals surface area contributed by atoms with Crippen LogP contribution in [0.4, 0.5) is 8.78 Å². The van der Waals surface area contributed by atoms with Crippen molar-refractivity contribution in [3.8, 4) is 22.6 Å². The van der Waals surface area contributed by atoms with E-state index in [1.165, 1.54) is 0 Å². The first-order valence-corrected chi connectivity index (χ1v) is 10.2. The number of halogens is 2. The van der Waals surface area contributed by atoms with E-state index < -0.39 is 17.7 Å². The SMILES string of the molecule is CCCCOc1ccc2c(c1F)OCc1c-2ccc(C(O)C2CCCC2)c1F. The molecule has 0 aromatic heterocycles. The number of hydrogen-bond acceptors (Lipinski definition) is 3. The highest BCUT2D eigenvalue weighted by Gasteiger charge is 2.31. The maximum Gasteiger partial charge on any atom is 0.207 e. The van der Waals surface area contributed by atoms with E-state index in [1.54, 1.807) is 24.3 Å². The molecule has 1 unspecified atom stereocenters. The van der Waals surface area contributed by atoms with Gasteiger partial charge in [0, 0.05) is 16.7 Å². The van der Waals surface area contributed by atoms with Gasteiger partial charge in [0.1, 0.15) is 12.4 Å². The highest BCUT2D eigenvalue weighted by atomic mass is 19.1. The second kappa shape index (κ2) is 8.08. The summed E-state index contributed by atoms with van der Waals surface area (Å²) in [6.45, 7) is 2.42. The Hall–Kier alpha value is -2.14. The van der Waals surface area contributed by atoms with Gasteiger partial charge in [-0.3, -0.25) is 0 Å². The molecule has 1 atom stereocenters. The van der Waals surface area contributed by atoms with E-state index in [1.807, 2.05) is 6.92 Å². The van der Waals surface area contributed by atoms with E-state index >= 15 is 4.39 Å². The van der Waals surface area contributed by atoms with E-state index in [0.29, 0.717) is 28.9 Å². The zero-order valence-electron chi connectivity index (χ0n) is 16.1. The van der Waals surface area contributed by atoms with Crippen molar-refractivity contribution in [2.75, 3.05) is 6.61 Å². The molecule has 0 bridgehead atoms.